The molecule has 10 heteroatoms. The van der Waals surface area contributed by atoms with Crippen molar-refractivity contribution in [1.29, 1.82) is 0 Å². The highest BCUT2D eigenvalue weighted by atomic mass is 32.1. The Morgan fingerprint density at radius 1 is 1.11 bits per heavy atom. The van der Waals surface area contributed by atoms with Gasteiger partial charge >= 0.3 is 17.9 Å². The summed E-state index contributed by atoms with van der Waals surface area (Å²) in [6.07, 6.45) is 2.53. The first-order chi connectivity index (χ1) is 17.4. The molecular weight excluding hydrogens is 490 g/mol. The van der Waals surface area contributed by atoms with Crippen molar-refractivity contribution in [1.82, 2.24) is 14.9 Å². The molecule has 1 saturated heterocycles. The number of rotatable bonds is 3. The highest BCUT2D eigenvalue weighted by molar-refractivity contribution is 7.18. The van der Waals surface area contributed by atoms with Gasteiger partial charge in [-0.05, 0) is 82.7 Å². The number of likely N-dealkylation sites (tertiary alicyclic amines) is 1. The maximum Gasteiger partial charge on any atom is 0.413 e. The van der Waals surface area contributed by atoms with E-state index in [-0.39, 0.29) is 6.04 Å². The quantitative estimate of drug-likeness (QED) is 0.433. The number of nitrogens with zero attached hydrogens (tertiary/aromatic N) is 3. The molecule has 9 nitrogen and oxygen atoms in total. The number of piperidine rings is 1. The summed E-state index contributed by atoms with van der Waals surface area (Å²) >= 11 is 1.64. The fourth-order valence-electron chi connectivity index (χ4n) is 4.48. The Bertz CT molecular complexity index is 1350. The van der Waals surface area contributed by atoms with Crippen molar-refractivity contribution in [3.05, 3.63) is 46.6 Å². The van der Waals surface area contributed by atoms with Crippen LogP contribution in [0.3, 0.4) is 0 Å². The first-order valence-electron chi connectivity index (χ1n) is 12.4. The number of amides is 3. The molecule has 0 spiro atoms. The lowest BCUT2D eigenvalue weighted by Crippen LogP contribution is -2.46. The number of aryl methyl sites for hydroxylation is 2. The Kier molecular flexibility index (Phi) is 7.49. The molecule has 3 heterocycles. The summed E-state index contributed by atoms with van der Waals surface area (Å²) in [6.45, 7) is 11.6. The van der Waals surface area contributed by atoms with E-state index in [2.05, 4.69) is 27.5 Å². The summed E-state index contributed by atoms with van der Waals surface area (Å²) in [5.74, 6) is -0.699. The van der Waals surface area contributed by atoms with Gasteiger partial charge in [0.15, 0.2) is 0 Å². The standard InChI is InChI=1S/C27H33N5O4S/c1-15-7-9-21(18-8-10-22-20(12-18)29-17(3)37-22)32(14-15)25(34)24(33)30-19-11-16(2)23(28-13-19)31-26(35)36-27(4,5)6/h8,10-13,15,21H,7,9,14H2,1-6H3,(H,30,33)(H,28,31,35)/t15-,21+/m0/s1. The van der Waals surface area contributed by atoms with E-state index in [0.29, 0.717) is 29.5 Å². The van der Waals surface area contributed by atoms with Crippen LogP contribution in [0, 0.1) is 19.8 Å². The monoisotopic (exact) mass is 523 g/mol. The van der Waals surface area contributed by atoms with Crippen LogP contribution in [0.4, 0.5) is 16.3 Å². The van der Waals surface area contributed by atoms with Crippen molar-refractivity contribution in [3.63, 3.8) is 0 Å². The lowest BCUT2D eigenvalue weighted by atomic mass is 9.89. The molecule has 1 fully saturated rings. The number of carbonyl (C=O) groups excluding carboxylic acids is 3. The summed E-state index contributed by atoms with van der Waals surface area (Å²) in [4.78, 5) is 48.9. The summed E-state index contributed by atoms with van der Waals surface area (Å²) in [5.41, 5.74) is 2.25. The van der Waals surface area contributed by atoms with Crippen LogP contribution in [0.1, 0.15) is 62.7 Å². The van der Waals surface area contributed by atoms with Gasteiger partial charge in [0.1, 0.15) is 11.4 Å². The zero-order valence-corrected chi connectivity index (χ0v) is 22.9. The topological polar surface area (TPSA) is 114 Å². The summed E-state index contributed by atoms with van der Waals surface area (Å²) in [6, 6.07) is 7.56. The van der Waals surface area contributed by atoms with Crippen molar-refractivity contribution >= 4 is 51.0 Å². The first kappa shape index (κ1) is 26.5. The van der Waals surface area contributed by atoms with Crippen LogP contribution < -0.4 is 10.6 Å². The van der Waals surface area contributed by atoms with Crippen molar-refractivity contribution in [3.8, 4) is 0 Å². The zero-order chi connectivity index (χ0) is 26.9. The molecule has 0 saturated carbocycles. The molecule has 2 N–H and O–H groups in total. The molecule has 4 rings (SSSR count). The number of nitrogens with one attached hydrogen (secondary N) is 2. The molecule has 1 aromatic carbocycles. The van der Waals surface area contributed by atoms with E-state index in [0.717, 1.165) is 33.6 Å². The second-order valence-electron chi connectivity index (χ2n) is 10.6. The molecule has 1 aliphatic heterocycles. The molecule has 2 atom stereocenters. The van der Waals surface area contributed by atoms with Gasteiger partial charge in [-0.3, -0.25) is 14.9 Å². The third kappa shape index (κ3) is 6.43. The van der Waals surface area contributed by atoms with Crippen LogP contribution in [-0.4, -0.2) is 44.9 Å². The number of hydrogen-bond acceptors (Lipinski definition) is 7. The van der Waals surface area contributed by atoms with Gasteiger partial charge in [0, 0.05) is 6.54 Å². The summed E-state index contributed by atoms with van der Waals surface area (Å²) in [5, 5.41) is 6.26. The van der Waals surface area contributed by atoms with Gasteiger partial charge in [-0.2, -0.15) is 0 Å². The van der Waals surface area contributed by atoms with E-state index in [1.807, 2.05) is 25.1 Å². The predicted octanol–water partition coefficient (Wildman–Crippen LogP) is 5.59. The van der Waals surface area contributed by atoms with Gasteiger partial charge in [-0.15, -0.1) is 11.3 Å². The van der Waals surface area contributed by atoms with E-state index in [4.69, 9.17) is 4.74 Å². The third-order valence-corrected chi connectivity index (χ3v) is 7.08. The van der Waals surface area contributed by atoms with Crippen LogP contribution in [0.15, 0.2) is 30.5 Å². The summed E-state index contributed by atoms with van der Waals surface area (Å²) in [7, 11) is 0. The minimum absolute atomic E-state index is 0.193. The summed E-state index contributed by atoms with van der Waals surface area (Å²) < 4.78 is 6.36. The normalized spacial score (nSPS) is 17.9. The maximum atomic E-state index is 13.3. The lowest BCUT2D eigenvalue weighted by molar-refractivity contribution is -0.146. The van der Waals surface area contributed by atoms with Crippen LogP contribution in [0.2, 0.25) is 0 Å². The molecule has 0 unspecified atom stereocenters. The minimum Gasteiger partial charge on any atom is -0.444 e. The van der Waals surface area contributed by atoms with Gasteiger partial charge in [0.2, 0.25) is 0 Å². The van der Waals surface area contributed by atoms with E-state index in [1.165, 1.54) is 6.20 Å². The van der Waals surface area contributed by atoms with Gasteiger partial charge in [0.05, 0.1) is 33.2 Å². The van der Waals surface area contributed by atoms with E-state index < -0.39 is 23.5 Å². The second-order valence-corrected chi connectivity index (χ2v) is 11.8. The lowest BCUT2D eigenvalue weighted by Gasteiger charge is -2.38. The average molecular weight is 524 g/mol. The molecule has 3 aromatic rings. The number of carbonyl (C=O) groups is 3. The Morgan fingerprint density at radius 3 is 2.57 bits per heavy atom. The van der Waals surface area contributed by atoms with E-state index in [1.54, 1.807) is 50.0 Å². The van der Waals surface area contributed by atoms with Crippen LogP contribution >= 0.6 is 11.3 Å². The Balaban J connectivity index is 1.47. The van der Waals surface area contributed by atoms with Crippen LogP contribution in [0.25, 0.3) is 10.2 Å². The third-order valence-electron chi connectivity index (χ3n) is 6.13. The molecule has 0 bridgehead atoms. The van der Waals surface area contributed by atoms with Gasteiger partial charge in [-0.25, -0.2) is 14.8 Å². The number of benzene rings is 1. The van der Waals surface area contributed by atoms with Crippen LogP contribution in [-0.2, 0) is 14.3 Å². The highest BCUT2D eigenvalue weighted by Gasteiger charge is 2.34. The fraction of sp³-hybridized carbons (Fsp3) is 0.444. The van der Waals surface area contributed by atoms with Crippen molar-refractivity contribution < 1.29 is 19.1 Å². The SMILES string of the molecule is Cc1nc2cc([C@H]3CC[C@H](C)CN3C(=O)C(=O)Nc3cnc(NC(=O)OC(C)(C)C)c(C)c3)ccc2s1. The zero-order valence-electron chi connectivity index (χ0n) is 22.0. The first-order valence-corrected chi connectivity index (χ1v) is 13.2. The highest BCUT2D eigenvalue weighted by Crippen LogP contribution is 2.35. The molecule has 196 valence electrons. The Labute approximate surface area is 220 Å². The smallest absolute Gasteiger partial charge is 0.413 e. The van der Waals surface area contributed by atoms with Crippen molar-refractivity contribution in [2.45, 2.75) is 66.0 Å². The van der Waals surface area contributed by atoms with Crippen molar-refractivity contribution in [2.24, 2.45) is 5.92 Å². The number of ether oxygens (including phenoxy) is 1. The number of pyridine rings is 1. The minimum atomic E-state index is -0.723. The fourth-order valence-corrected chi connectivity index (χ4v) is 5.29. The second kappa shape index (κ2) is 10.5. The number of fused-ring (bicyclic) bond motifs is 1. The largest absolute Gasteiger partial charge is 0.444 e. The Hall–Kier alpha value is -3.53. The molecule has 0 radical (unpaired) electrons. The predicted molar refractivity (Wildman–Crippen MR) is 145 cm³/mol. The number of hydrogen-bond donors (Lipinski definition) is 2. The molecule has 0 aliphatic carbocycles. The molecular formula is C27H33N5O4S. The number of thiazole rings is 1. The average Bonchev–Trinajstić information content (AvgIpc) is 3.18. The Morgan fingerprint density at radius 2 is 1.86 bits per heavy atom. The maximum absolute atomic E-state index is 13.3. The van der Waals surface area contributed by atoms with Gasteiger partial charge in [-0.1, -0.05) is 13.0 Å². The number of anilines is 2. The van der Waals surface area contributed by atoms with Crippen molar-refractivity contribution in [2.75, 3.05) is 17.2 Å². The molecule has 1 aliphatic rings. The van der Waals surface area contributed by atoms with Gasteiger partial charge < -0.3 is 15.0 Å². The van der Waals surface area contributed by atoms with Gasteiger partial charge in [0.25, 0.3) is 0 Å². The van der Waals surface area contributed by atoms with E-state index in [9.17, 15) is 14.4 Å². The van der Waals surface area contributed by atoms with E-state index >= 15 is 0 Å². The van der Waals surface area contributed by atoms with Crippen LogP contribution in [0.5, 0.6) is 0 Å². The molecule has 3 amide bonds. The molecule has 37 heavy (non-hydrogen) atoms. The molecule has 2 aromatic heterocycles. The number of aromatic nitrogens is 2.